The van der Waals surface area contributed by atoms with Gasteiger partial charge in [0.1, 0.15) is 5.69 Å². The van der Waals surface area contributed by atoms with Crippen LogP contribution in [0, 0.1) is 13.8 Å². The first-order valence-corrected chi connectivity index (χ1v) is 5.12. The molecule has 0 atom stereocenters. The number of hydrogen-bond acceptors (Lipinski definition) is 3. The number of rotatable bonds is 2. The van der Waals surface area contributed by atoms with Crippen LogP contribution in [0.25, 0.3) is 0 Å². The molecule has 68 valence electrons. The highest BCUT2D eigenvalue weighted by molar-refractivity contribution is 9.09. The van der Waals surface area contributed by atoms with E-state index in [2.05, 4.69) is 20.9 Å². The second-order valence-electron chi connectivity index (χ2n) is 2.19. The van der Waals surface area contributed by atoms with Crippen molar-refractivity contribution in [3.8, 4) is 0 Å². The minimum Gasteiger partial charge on any atom is -1.00 e. The number of nitrogens with zero attached hydrogens (tertiary/aromatic N) is 1. The van der Waals surface area contributed by atoms with E-state index in [1.165, 1.54) is 0 Å². The molecular weight excluding hydrogens is 306 g/mol. The fourth-order valence-corrected chi connectivity index (χ4v) is 1.95. The van der Waals surface area contributed by atoms with Crippen LogP contribution >= 0.6 is 27.3 Å². The maximum absolute atomic E-state index is 11.1. The van der Waals surface area contributed by atoms with Gasteiger partial charge in [-0.15, -0.1) is 11.3 Å². The molecule has 1 aromatic rings. The highest BCUT2D eigenvalue weighted by Crippen LogP contribution is 2.17. The summed E-state index contributed by atoms with van der Waals surface area (Å²) in [6.07, 6.45) is 0. The van der Waals surface area contributed by atoms with Gasteiger partial charge >= 0.3 is 1.43 Å². The van der Waals surface area contributed by atoms with E-state index in [-0.39, 0.29) is 24.2 Å². The number of Topliss-reactive ketones (excluding diaryl/α,β-unsaturated/α-hetero) is 1. The van der Waals surface area contributed by atoms with Crippen LogP contribution in [0.3, 0.4) is 0 Å². The molecule has 0 aliphatic carbocycles. The minimum atomic E-state index is 0. The fourth-order valence-electron chi connectivity index (χ4n) is 0.851. The quantitative estimate of drug-likeness (QED) is 0.542. The van der Waals surface area contributed by atoms with Crippen LogP contribution in [-0.4, -0.2) is 16.1 Å². The third-order valence-electron chi connectivity index (χ3n) is 1.29. The Morgan fingerprint density at radius 1 is 1.67 bits per heavy atom. The summed E-state index contributed by atoms with van der Waals surface area (Å²) in [4.78, 5) is 16.3. The van der Waals surface area contributed by atoms with E-state index >= 15 is 0 Å². The number of thiazole rings is 1. The maximum atomic E-state index is 11.1. The van der Waals surface area contributed by atoms with E-state index in [0.29, 0.717) is 11.0 Å². The summed E-state index contributed by atoms with van der Waals surface area (Å²) in [5.74, 6) is 0.0619. The van der Waals surface area contributed by atoms with Crippen molar-refractivity contribution in [2.75, 3.05) is 5.33 Å². The average molecular weight is 315 g/mol. The molecule has 1 heterocycles. The topological polar surface area (TPSA) is 30.0 Å². The van der Waals surface area contributed by atoms with Crippen molar-refractivity contribution < 1.29 is 23.2 Å². The van der Waals surface area contributed by atoms with Crippen molar-refractivity contribution >= 4 is 33.0 Å². The fraction of sp³-hybridized carbons (Fsp3) is 0.429. The van der Waals surface area contributed by atoms with Gasteiger partial charge in [-0.25, -0.2) is 4.98 Å². The average Bonchev–Trinajstić information content (AvgIpc) is 2.28. The molecule has 0 saturated heterocycles. The highest BCUT2D eigenvalue weighted by Gasteiger charge is 2.11. The summed E-state index contributed by atoms with van der Waals surface area (Å²) < 4.78 is 0. The number of carbonyl (C=O) groups is 1. The largest absolute Gasteiger partial charge is 1.00 e. The smallest absolute Gasteiger partial charge is 1.00 e. The molecule has 0 aliphatic heterocycles. The van der Waals surface area contributed by atoms with E-state index in [0.717, 1.165) is 9.88 Å². The zero-order valence-corrected chi connectivity index (χ0v) is 10.7. The molecule has 12 heavy (non-hydrogen) atoms. The standard InChI is InChI=1S/C7H8BrNOS.BrH/c1-4-7(6(10)3-8)9-5(2)11-4;/h3H2,1-2H3;1H. The summed E-state index contributed by atoms with van der Waals surface area (Å²) in [7, 11) is 0. The SMILES string of the molecule is Cc1nc(C(=O)CBr)c(C)s1.[Br-].[H+]. The molecule has 0 fully saturated rings. The van der Waals surface area contributed by atoms with Gasteiger partial charge in [0.05, 0.1) is 10.3 Å². The van der Waals surface area contributed by atoms with Crippen molar-refractivity contribution in [3.05, 3.63) is 15.6 Å². The lowest BCUT2D eigenvalue weighted by Gasteiger charge is -1.89. The van der Waals surface area contributed by atoms with Crippen molar-refractivity contribution in [3.63, 3.8) is 0 Å². The number of halogens is 2. The van der Waals surface area contributed by atoms with Crippen molar-refractivity contribution in [1.82, 2.24) is 4.98 Å². The molecule has 0 spiro atoms. The number of carbonyl (C=O) groups excluding carboxylic acids is 1. The second-order valence-corrected chi connectivity index (χ2v) is 4.16. The Morgan fingerprint density at radius 2 is 2.25 bits per heavy atom. The Bertz CT molecular complexity index is 290. The molecular formula is C7H9Br2NOS. The first kappa shape index (κ1) is 12.3. The highest BCUT2D eigenvalue weighted by atomic mass is 79.9. The predicted octanol–water partition coefficient (Wildman–Crippen LogP) is -0.546. The van der Waals surface area contributed by atoms with Crippen LogP contribution < -0.4 is 17.0 Å². The summed E-state index contributed by atoms with van der Waals surface area (Å²) >= 11 is 4.67. The van der Waals surface area contributed by atoms with Gasteiger partial charge in [-0.1, -0.05) is 15.9 Å². The number of hydrogen-bond donors (Lipinski definition) is 0. The van der Waals surface area contributed by atoms with Crippen molar-refractivity contribution in [2.24, 2.45) is 0 Å². The lowest BCUT2D eigenvalue weighted by molar-refractivity contribution is -0.0000101. The molecule has 0 amide bonds. The van der Waals surface area contributed by atoms with Crippen LogP contribution in [0.5, 0.6) is 0 Å². The third kappa shape index (κ3) is 2.64. The van der Waals surface area contributed by atoms with E-state index < -0.39 is 0 Å². The van der Waals surface area contributed by atoms with Gasteiger partial charge in [0.15, 0.2) is 5.78 Å². The van der Waals surface area contributed by atoms with Gasteiger partial charge in [-0.2, -0.15) is 0 Å². The van der Waals surface area contributed by atoms with Gasteiger partial charge in [-0.3, -0.25) is 4.79 Å². The van der Waals surface area contributed by atoms with Crippen LogP contribution in [0.2, 0.25) is 0 Å². The number of aryl methyl sites for hydroxylation is 2. The molecule has 0 unspecified atom stereocenters. The first-order valence-electron chi connectivity index (χ1n) is 3.18. The molecule has 0 saturated carbocycles. The Balaban J connectivity index is 0. The Morgan fingerprint density at radius 3 is 2.58 bits per heavy atom. The molecule has 0 aromatic carbocycles. The van der Waals surface area contributed by atoms with E-state index in [9.17, 15) is 4.79 Å². The molecule has 2 nitrogen and oxygen atoms in total. The van der Waals surface area contributed by atoms with Gasteiger partial charge < -0.3 is 17.0 Å². The Hall–Kier alpha value is 0.260. The van der Waals surface area contributed by atoms with Gasteiger partial charge in [0, 0.05) is 4.88 Å². The third-order valence-corrected chi connectivity index (χ3v) is 2.68. The molecule has 5 heteroatoms. The zero-order chi connectivity index (χ0) is 8.43. The zero-order valence-electron chi connectivity index (χ0n) is 7.73. The summed E-state index contributed by atoms with van der Waals surface area (Å²) in [5, 5.41) is 1.31. The van der Waals surface area contributed by atoms with Crippen molar-refractivity contribution in [2.45, 2.75) is 13.8 Å². The van der Waals surface area contributed by atoms with Crippen LogP contribution in [0.1, 0.15) is 21.8 Å². The number of aromatic nitrogens is 1. The van der Waals surface area contributed by atoms with Crippen LogP contribution in [0.15, 0.2) is 0 Å². The summed E-state index contributed by atoms with van der Waals surface area (Å²) in [5.41, 5.74) is 0.615. The Labute approximate surface area is 95.8 Å². The lowest BCUT2D eigenvalue weighted by atomic mass is 10.3. The van der Waals surface area contributed by atoms with Gasteiger partial charge in [-0.05, 0) is 13.8 Å². The summed E-state index contributed by atoms with van der Waals surface area (Å²) in [6.45, 7) is 3.82. The number of alkyl halides is 1. The van der Waals surface area contributed by atoms with E-state index in [1.54, 1.807) is 11.3 Å². The molecule has 0 N–H and O–H groups in total. The van der Waals surface area contributed by atoms with E-state index in [1.807, 2.05) is 13.8 Å². The molecule has 0 aliphatic rings. The molecule has 0 bridgehead atoms. The van der Waals surface area contributed by atoms with Crippen LogP contribution in [0.4, 0.5) is 0 Å². The minimum absolute atomic E-state index is 0. The van der Waals surface area contributed by atoms with Crippen LogP contribution in [-0.2, 0) is 0 Å². The molecule has 1 rings (SSSR count). The lowest BCUT2D eigenvalue weighted by Crippen LogP contribution is -3.00. The maximum Gasteiger partial charge on any atom is 1.00 e. The summed E-state index contributed by atoms with van der Waals surface area (Å²) in [6, 6.07) is 0. The normalized spacial score (nSPS) is 9.25. The second kappa shape index (κ2) is 5.09. The monoisotopic (exact) mass is 313 g/mol. The van der Waals surface area contributed by atoms with Crippen molar-refractivity contribution in [1.29, 1.82) is 0 Å². The van der Waals surface area contributed by atoms with Gasteiger partial charge in [0.25, 0.3) is 0 Å². The molecule has 0 radical (unpaired) electrons. The predicted molar refractivity (Wildman–Crippen MR) is 50.8 cm³/mol. The number of ketones is 1. The van der Waals surface area contributed by atoms with Gasteiger partial charge in [0.2, 0.25) is 0 Å². The van der Waals surface area contributed by atoms with E-state index in [4.69, 9.17) is 0 Å². The Kier molecular flexibility index (Phi) is 5.20. The molecule has 1 aromatic heterocycles. The first-order chi connectivity index (χ1) is 5.15.